The van der Waals surface area contributed by atoms with Crippen molar-refractivity contribution in [1.29, 1.82) is 0 Å². The molecule has 0 aromatic heterocycles. The molecule has 0 saturated heterocycles. The van der Waals surface area contributed by atoms with Crippen molar-refractivity contribution in [2.75, 3.05) is 0 Å². The minimum atomic E-state index is -1.11. The number of aliphatic hydroxyl groups is 1. The number of Topliss-reactive ketones (excluding diaryl/α,β-unsaturated/α-hetero) is 1. The van der Waals surface area contributed by atoms with Crippen LogP contribution in [0.1, 0.15) is 22.0 Å². The van der Waals surface area contributed by atoms with Gasteiger partial charge in [-0.1, -0.05) is 24.3 Å². The summed E-state index contributed by atoms with van der Waals surface area (Å²) in [6.07, 6.45) is -2.08. The molecule has 0 radical (unpaired) electrons. The number of para-hydroxylation sites is 1. The van der Waals surface area contributed by atoms with Gasteiger partial charge in [-0.15, -0.1) is 0 Å². The van der Waals surface area contributed by atoms with Crippen molar-refractivity contribution in [3.63, 3.8) is 0 Å². The zero-order chi connectivity index (χ0) is 13.4. The highest BCUT2D eigenvalue weighted by Crippen LogP contribution is 2.33. The Hall–Kier alpha value is -2.20. The normalized spacial score (nSPS) is 18.8. The molecule has 19 heavy (non-hydrogen) atoms. The van der Waals surface area contributed by atoms with E-state index >= 15 is 0 Å². The summed E-state index contributed by atoms with van der Waals surface area (Å²) in [6, 6.07) is 12.2. The smallest absolute Gasteiger partial charge is 0.210 e. The van der Waals surface area contributed by atoms with Gasteiger partial charge in [-0.3, -0.25) is 4.79 Å². The highest BCUT2D eigenvalue weighted by atomic mass is 19.1. The summed E-state index contributed by atoms with van der Waals surface area (Å²) in [7, 11) is 0. The number of rotatable bonds is 2. The lowest BCUT2D eigenvalue weighted by Gasteiger charge is -2.17. The number of carbonyl (C=O) groups is 1. The topological polar surface area (TPSA) is 46.5 Å². The van der Waals surface area contributed by atoms with Gasteiger partial charge in [-0.25, -0.2) is 4.39 Å². The maximum atomic E-state index is 12.8. The molecular formula is C15H11FO3. The van der Waals surface area contributed by atoms with Crippen molar-refractivity contribution in [2.45, 2.75) is 12.2 Å². The molecule has 1 heterocycles. The van der Waals surface area contributed by atoms with Gasteiger partial charge in [-0.2, -0.15) is 0 Å². The van der Waals surface area contributed by atoms with E-state index in [9.17, 15) is 14.3 Å². The highest BCUT2D eigenvalue weighted by molar-refractivity contribution is 6.04. The lowest BCUT2D eigenvalue weighted by atomic mass is 9.99. The second kappa shape index (κ2) is 4.48. The number of ether oxygens (including phenoxy) is 1. The highest BCUT2D eigenvalue weighted by Gasteiger charge is 2.37. The summed E-state index contributed by atoms with van der Waals surface area (Å²) >= 11 is 0. The van der Waals surface area contributed by atoms with E-state index in [2.05, 4.69) is 0 Å². The summed E-state index contributed by atoms with van der Waals surface area (Å²) in [5.41, 5.74) is 0.918. The van der Waals surface area contributed by atoms with Crippen LogP contribution in [0.5, 0.6) is 5.75 Å². The SMILES string of the molecule is O=C1c2ccccc2O[C@@H]1[C@@H](O)c1ccc(F)cc1. The predicted octanol–water partition coefficient (Wildman–Crippen LogP) is 2.50. The largest absolute Gasteiger partial charge is 0.478 e. The second-order valence-corrected chi connectivity index (χ2v) is 4.40. The van der Waals surface area contributed by atoms with E-state index in [-0.39, 0.29) is 5.78 Å². The number of ketones is 1. The van der Waals surface area contributed by atoms with Crippen LogP contribution >= 0.6 is 0 Å². The van der Waals surface area contributed by atoms with Crippen molar-refractivity contribution in [1.82, 2.24) is 0 Å². The molecule has 1 aliphatic heterocycles. The molecule has 2 aromatic rings. The Kier molecular flexibility index (Phi) is 2.80. The number of carbonyl (C=O) groups excluding carboxylic acids is 1. The fourth-order valence-corrected chi connectivity index (χ4v) is 2.16. The molecule has 1 N–H and O–H groups in total. The number of aliphatic hydroxyl groups excluding tert-OH is 1. The number of hydrogen-bond acceptors (Lipinski definition) is 3. The Morgan fingerprint density at radius 3 is 2.47 bits per heavy atom. The van der Waals surface area contributed by atoms with Crippen LogP contribution in [0.25, 0.3) is 0 Å². The minimum absolute atomic E-state index is 0.257. The minimum Gasteiger partial charge on any atom is -0.478 e. The zero-order valence-electron chi connectivity index (χ0n) is 9.92. The van der Waals surface area contributed by atoms with E-state index in [4.69, 9.17) is 4.74 Å². The van der Waals surface area contributed by atoms with Gasteiger partial charge in [0.1, 0.15) is 17.7 Å². The van der Waals surface area contributed by atoms with Gasteiger partial charge in [0.05, 0.1) is 5.56 Å². The van der Waals surface area contributed by atoms with E-state index in [1.54, 1.807) is 24.3 Å². The Balaban J connectivity index is 1.89. The van der Waals surface area contributed by atoms with Crippen LogP contribution in [0.15, 0.2) is 48.5 Å². The van der Waals surface area contributed by atoms with Crippen molar-refractivity contribution in [3.8, 4) is 5.75 Å². The van der Waals surface area contributed by atoms with E-state index in [0.717, 1.165) is 0 Å². The summed E-state index contributed by atoms with van der Waals surface area (Å²) < 4.78 is 18.3. The fourth-order valence-electron chi connectivity index (χ4n) is 2.16. The zero-order valence-corrected chi connectivity index (χ0v) is 9.92. The molecule has 2 atom stereocenters. The molecule has 4 heteroatoms. The van der Waals surface area contributed by atoms with Crippen LogP contribution in [0, 0.1) is 5.82 Å². The Morgan fingerprint density at radius 2 is 1.79 bits per heavy atom. The number of benzene rings is 2. The number of halogens is 1. The van der Waals surface area contributed by atoms with Gasteiger partial charge in [0.25, 0.3) is 0 Å². The standard InChI is InChI=1S/C15H11FO3/c16-10-7-5-9(6-8-10)13(17)15-14(18)11-3-1-2-4-12(11)19-15/h1-8,13,15,17H/t13-,15+/m0/s1. The molecule has 0 fully saturated rings. The van der Waals surface area contributed by atoms with Gasteiger partial charge in [0.2, 0.25) is 5.78 Å². The quantitative estimate of drug-likeness (QED) is 0.900. The van der Waals surface area contributed by atoms with Gasteiger partial charge in [0, 0.05) is 0 Å². The summed E-state index contributed by atoms with van der Waals surface area (Å²) in [4.78, 5) is 12.1. The number of fused-ring (bicyclic) bond motifs is 1. The molecule has 0 saturated carbocycles. The molecule has 0 spiro atoms. The third-order valence-corrected chi connectivity index (χ3v) is 3.16. The van der Waals surface area contributed by atoms with Crippen molar-refractivity contribution < 1.29 is 19.0 Å². The van der Waals surface area contributed by atoms with E-state index in [1.165, 1.54) is 24.3 Å². The van der Waals surface area contributed by atoms with Crippen molar-refractivity contribution in [3.05, 3.63) is 65.5 Å². The van der Waals surface area contributed by atoms with Gasteiger partial charge >= 0.3 is 0 Å². The Morgan fingerprint density at radius 1 is 1.11 bits per heavy atom. The second-order valence-electron chi connectivity index (χ2n) is 4.40. The molecule has 2 aromatic carbocycles. The molecule has 1 aliphatic rings. The molecule has 3 rings (SSSR count). The monoisotopic (exact) mass is 258 g/mol. The summed E-state index contributed by atoms with van der Waals surface area (Å²) in [5.74, 6) is -0.177. The van der Waals surface area contributed by atoms with Gasteiger partial charge < -0.3 is 9.84 Å². The van der Waals surface area contributed by atoms with Crippen LogP contribution in [-0.2, 0) is 0 Å². The first-order chi connectivity index (χ1) is 9.16. The molecule has 0 amide bonds. The Labute approximate surface area is 109 Å². The first-order valence-electron chi connectivity index (χ1n) is 5.90. The van der Waals surface area contributed by atoms with Crippen molar-refractivity contribution >= 4 is 5.78 Å². The lowest BCUT2D eigenvalue weighted by Crippen LogP contribution is -2.28. The van der Waals surface area contributed by atoms with Gasteiger partial charge in [-0.05, 0) is 29.8 Å². The molecule has 3 nitrogen and oxygen atoms in total. The maximum Gasteiger partial charge on any atom is 0.210 e. The first kappa shape index (κ1) is 11.9. The Bertz CT molecular complexity index is 622. The van der Waals surface area contributed by atoms with Crippen LogP contribution in [0.2, 0.25) is 0 Å². The molecule has 0 bridgehead atoms. The molecule has 0 aliphatic carbocycles. The maximum absolute atomic E-state index is 12.8. The summed E-state index contributed by atoms with van der Waals surface area (Å²) in [6.45, 7) is 0. The summed E-state index contributed by atoms with van der Waals surface area (Å²) in [5, 5.41) is 10.2. The molecule has 96 valence electrons. The fraction of sp³-hybridized carbons (Fsp3) is 0.133. The average molecular weight is 258 g/mol. The average Bonchev–Trinajstić information content (AvgIpc) is 2.77. The predicted molar refractivity (Wildman–Crippen MR) is 66.5 cm³/mol. The van der Waals surface area contributed by atoms with E-state index < -0.39 is 18.0 Å². The molecular weight excluding hydrogens is 247 g/mol. The molecule has 0 unspecified atom stereocenters. The van der Waals surface area contributed by atoms with Crippen LogP contribution in [-0.4, -0.2) is 17.0 Å². The third kappa shape index (κ3) is 2.00. The number of hydrogen-bond donors (Lipinski definition) is 1. The van der Waals surface area contributed by atoms with Crippen LogP contribution in [0.3, 0.4) is 0 Å². The lowest BCUT2D eigenvalue weighted by molar-refractivity contribution is 0.0407. The van der Waals surface area contributed by atoms with Crippen LogP contribution in [0.4, 0.5) is 4.39 Å². The van der Waals surface area contributed by atoms with Gasteiger partial charge in [0.15, 0.2) is 6.10 Å². The third-order valence-electron chi connectivity index (χ3n) is 3.16. The van der Waals surface area contributed by atoms with E-state index in [1.807, 2.05) is 0 Å². The van der Waals surface area contributed by atoms with E-state index in [0.29, 0.717) is 16.9 Å². The van der Waals surface area contributed by atoms with Crippen LogP contribution < -0.4 is 4.74 Å². The van der Waals surface area contributed by atoms with Crippen molar-refractivity contribution in [2.24, 2.45) is 0 Å². The first-order valence-corrected chi connectivity index (χ1v) is 5.90.